The second-order valence-electron chi connectivity index (χ2n) is 6.09. The number of piperidine rings is 1. The molecule has 0 bridgehead atoms. The predicted octanol–water partition coefficient (Wildman–Crippen LogP) is 2.92. The standard InChI is InChI=1S/C16H21N3OS/c20-9-7-11-4-1-2-8-19(11)15-14-12-5-3-6-13(12)21-16(14)18-10-17-15/h10-11,20H,1-9H2. The van der Waals surface area contributed by atoms with Gasteiger partial charge in [0, 0.05) is 24.1 Å². The Morgan fingerprint density at radius 2 is 2.19 bits per heavy atom. The topological polar surface area (TPSA) is 49.2 Å². The second-order valence-corrected chi connectivity index (χ2v) is 7.17. The van der Waals surface area contributed by atoms with Gasteiger partial charge in [-0.1, -0.05) is 0 Å². The smallest absolute Gasteiger partial charge is 0.141 e. The summed E-state index contributed by atoms with van der Waals surface area (Å²) in [6.07, 6.45) is 9.86. The molecule has 0 spiro atoms. The van der Waals surface area contributed by atoms with E-state index in [1.54, 1.807) is 6.33 Å². The summed E-state index contributed by atoms with van der Waals surface area (Å²) in [5.74, 6) is 1.12. The van der Waals surface area contributed by atoms with Crippen molar-refractivity contribution in [1.29, 1.82) is 0 Å². The number of nitrogens with zero attached hydrogens (tertiary/aromatic N) is 3. The fraction of sp³-hybridized carbons (Fsp3) is 0.625. The minimum atomic E-state index is 0.261. The molecule has 1 unspecified atom stereocenters. The first-order valence-corrected chi connectivity index (χ1v) is 8.83. The average molecular weight is 303 g/mol. The number of aliphatic hydroxyl groups excluding tert-OH is 1. The Morgan fingerprint density at radius 1 is 1.24 bits per heavy atom. The third-order valence-electron chi connectivity index (χ3n) is 4.84. The number of hydrogen-bond acceptors (Lipinski definition) is 5. The van der Waals surface area contributed by atoms with Crippen LogP contribution in [0.1, 0.15) is 42.5 Å². The van der Waals surface area contributed by atoms with E-state index in [9.17, 15) is 5.11 Å². The van der Waals surface area contributed by atoms with Gasteiger partial charge < -0.3 is 10.0 Å². The maximum absolute atomic E-state index is 9.35. The van der Waals surface area contributed by atoms with Crippen molar-refractivity contribution in [3.8, 4) is 0 Å². The van der Waals surface area contributed by atoms with Crippen molar-refractivity contribution in [3.05, 3.63) is 16.8 Å². The Morgan fingerprint density at radius 3 is 3.10 bits per heavy atom. The third-order valence-corrected chi connectivity index (χ3v) is 6.04. The number of thiophene rings is 1. The van der Waals surface area contributed by atoms with Gasteiger partial charge in [-0.3, -0.25) is 0 Å². The largest absolute Gasteiger partial charge is 0.396 e. The van der Waals surface area contributed by atoms with E-state index >= 15 is 0 Å². The van der Waals surface area contributed by atoms with Crippen molar-refractivity contribution in [1.82, 2.24) is 9.97 Å². The molecule has 1 saturated heterocycles. The molecule has 0 amide bonds. The van der Waals surface area contributed by atoms with Crippen LogP contribution in [0.3, 0.4) is 0 Å². The molecular weight excluding hydrogens is 282 g/mol. The molecule has 4 nitrogen and oxygen atoms in total. The zero-order chi connectivity index (χ0) is 14.2. The van der Waals surface area contributed by atoms with Gasteiger partial charge in [0.1, 0.15) is 17.0 Å². The number of aryl methyl sites for hydroxylation is 2. The second kappa shape index (κ2) is 5.54. The highest BCUT2D eigenvalue weighted by atomic mass is 32.1. The van der Waals surface area contributed by atoms with Crippen LogP contribution >= 0.6 is 11.3 Å². The summed E-state index contributed by atoms with van der Waals surface area (Å²) in [6, 6.07) is 0.429. The van der Waals surface area contributed by atoms with E-state index in [0.29, 0.717) is 6.04 Å². The average Bonchev–Trinajstić information content (AvgIpc) is 3.08. The number of hydrogen-bond donors (Lipinski definition) is 1. The minimum absolute atomic E-state index is 0.261. The Hall–Kier alpha value is -1.20. The van der Waals surface area contributed by atoms with Crippen molar-refractivity contribution in [2.24, 2.45) is 0 Å². The third kappa shape index (κ3) is 2.23. The molecule has 1 aliphatic heterocycles. The molecule has 2 aromatic rings. The summed E-state index contributed by atoms with van der Waals surface area (Å²) >= 11 is 1.85. The number of aromatic nitrogens is 2. The molecule has 1 fully saturated rings. The van der Waals surface area contributed by atoms with Gasteiger partial charge in [-0.05, 0) is 50.5 Å². The van der Waals surface area contributed by atoms with Gasteiger partial charge in [-0.15, -0.1) is 11.3 Å². The number of anilines is 1. The molecule has 2 aliphatic rings. The SMILES string of the molecule is OCCC1CCCCN1c1ncnc2sc3c(c12)CCC3. The van der Waals surface area contributed by atoms with Gasteiger partial charge in [-0.2, -0.15) is 0 Å². The lowest BCUT2D eigenvalue weighted by Gasteiger charge is -2.36. The highest BCUT2D eigenvalue weighted by Crippen LogP contribution is 2.41. The summed E-state index contributed by atoms with van der Waals surface area (Å²) in [5, 5.41) is 10.7. The lowest BCUT2D eigenvalue weighted by molar-refractivity contribution is 0.262. The van der Waals surface area contributed by atoms with Crippen molar-refractivity contribution >= 4 is 27.4 Å². The van der Waals surface area contributed by atoms with Crippen molar-refractivity contribution < 1.29 is 5.11 Å². The van der Waals surface area contributed by atoms with Crippen LogP contribution in [0.15, 0.2) is 6.33 Å². The van der Waals surface area contributed by atoms with E-state index in [0.717, 1.165) is 23.6 Å². The minimum Gasteiger partial charge on any atom is -0.396 e. The molecule has 1 aliphatic carbocycles. The zero-order valence-corrected chi connectivity index (χ0v) is 13.0. The first-order valence-electron chi connectivity index (χ1n) is 8.01. The summed E-state index contributed by atoms with van der Waals surface area (Å²) in [4.78, 5) is 14.3. The fourth-order valence-corrected chi connectivity index (χ4v) is 5.08. The molecule has 0 radical (unpaired) electrons. The molecule has 1 atom stereocenters. The molecule has 1 N–H and O–H groups in total. The lowest BCUT2D eigenvalue weighted by atomic mass is 9.99. The summed E-state index contributed by atoms with van der Waals surface area (Å²) in [6.45, 7) is 1.32. The van der Waals surface area contributed by atoms with Crippen LogP contribution in [0.25, 0.3) is 10.2 Å². The monoisotopic (exact) mass is 303 g/mol. The van der Waals surface area contributed by atoms with Gasteiger partial charge in [0.2, 0.25) is 0 Å². The maximum atomic E-state index is 9.35. The van der Waals surface area contributed by atoms with Crippen LogP contribution in [0.2, 0.25) is 0 Å². The Bertz CT molecular complexity index is 652. The van der Waals surface area contributed by atoms with Crippen molar-refractivity contribution in [3.63, 3.8) is 0 Å². The van der Waals surface area contributed by atoms with Crippen molar-refractivity contribution in [2.45, 2.75) is 51.0 Å². The van der Waals surface area contributed by atoms with E-state index in [4.69, 9.17) is 0 Å². The molecule has 2 aromatic heterocycles. The lowest BCUT2D eigenvalue weighted by Crippen LogP contribution is -2.40. The summed E-state index contributed by atoms with van der Waals surface area (Å²) in [7, 11) is 0. The normalized spacial score (nSPS) is 22.0. The zero-order valence-electron chi connectivity index (χ0n) is 12.2. The number of fused-ring (bicyclic) bond motifs is 3. The van der Waals surface area contributed by atoms with E-state index in [1.165, 1.54) is 54.4 Å². The molecule has 112 valence electrons. The highest BCUT2D eigenvalue weighted by molar-refractivity contribution is 7.19. The van der Waals surface area contributed by atoms with Crippen LogP contribution in [0, 0.1) is 0 Å². The van der Waals surface area contributed by atoms with Crippen LogP contribution in [0.4, 0.5) is 5.82 Å². The maximum Gasteiger partial charge on any atom is 0.141 e. The summed E-state index contributed by atoms with van der Waals surface area (Å²) in [5.41, 5.74) is 1.50. The molecule has 4 rings (SSSR count). The Balaban J connectivity index is 1.81. The van der Waals surface area contributed by atoms with Crippen LogP contribution in [-0.2, 0) is 12.8 Å². The van der Waals surface area contributed by atoms with Gasteiger partial charge in [0.15, 0.2) is 0 Å². The van der Waals surface area contributed by atoms with E-state index in [2.05, 4.69) is 14.9 Å². The molecule has 5 heteroatoms. The quantitative estimate of drug-likeness (QED) is 0.947. The number of aliphatic hydroxyl groups is 1. The first-order chi connectivity index (χ1) is 10.4. The molecule has 21 heavy (non-hydrogen) atoms. The van der Waals surface area contributed by atoms with E-state index in [1.807, 2.05) is 11.3 Å². The highest BCUT2D eigenvalue weighted by Gasteiger charge is 2.28. The van der Waals surface area contributed by atoms with E-state index < -0.39 is 0 Å². The number of rotatable bonds is 3. The molecule has 0 aromatic carbocycles. The Labute approximate surface area is 128 Å². The van der Waals surface area contributed by atoms with Crippen molar-refractivity contribution in [2.75, 3.05) is 18.1 Å². The van der Waals surface area contributed by atoms with Gasteiger partial charge in [-0.25, -0.2) is 9.97 Å². The van der Waals surface area contributed by atoms with Gasteiger partial charge >= 0.3 is 0 Å². The van der Waals surface area contributed by atoms with Crippen LogP contribution in [-0.4, -0.2) is 34.3 Å². The fourth-order valence-electron chi connectivity index (χ4n) is 3.86. The Kier molecular flexibility index (Phi) is 3.55. The van der Waals surface area contributed by atoms with Gasteiger partial charge in [0.25, 0.3) is 0 Å². The van der Waals surface area contributed by atoms with Gasteiger partial charge in [0.05, 0.1) is 5.39 Å². The first kappa shape index (κ1) is 13.5. The van der Waals surface area contributed by atoms with E-state index in [-0.39, 0.29) is 6.61 Å². The summed E-state index contributed by atoms with van der Waals surface area (Å²) < 4.78 is 0. The molecular formula is C16H21N3OS. The van der Waals surface area contributed by atoms with Crippen LogP contribution in [0.5, 0.6) is 0 Å². The predicted molar refractivity (Wildman–Crippen MR) is 86.1 cm³/mol. The molecule has 0 saturated carbocycles. The van der Waals surface area contributed by atoms with Crippen LogP contribution < -0.4 is 4.90 Å². The molecule has 3 heterocycles.